The largest absolute Gasteiger partial charge is 0.363 e. The molecule has 1 aliphatic heterocycles. The molecule has 0 aliphatic carbocycles. The number of likely N-dealkylation sites (tertiary alicyclic amines) is 1. The summed E-state index contributed by atoms with van der Waals surface area (Å²) < 4.78 is 0. The minimum atomic E-state index is 0.0378. The monoisotopic (exact) mass is 206 g/mol. The molecule has 1 atom stereocenters. The fraction of sp³-hybridized carbons (Fsp3) is 0.500. The molecule has 0 aromatic rings. The van der Waals surface area contributed by atoms with Crippen molar-refractivity contribution >= 4 is 11.5 Å². The Morgan fingerprint density at radius 3 is 2.40 bits per heavy atom. The van der Waals surface area contributed by atoms with Crippen LogP contribution >= 0.6 is 0 Å². The van der Waals surface area contributed by atoms with Crippen molar-refractivity contribution < 1.29 is 4.79 Å². The molecule has 1 unspecified atom stereocenters. The van der Waals surface area contributed by atoms with Crippen molar-refractivity contribution in [3.05, 3.63) is 23.9 Å². The highest BCUT2D eigenvalue weighted by Gasteiger charge is 2.31. The third-order valence-electron chi connectivity index (χ3n) is 2.85. The Bertz CT molecular complexity index is 342. The fourth-order valence-electron chi connectivity index (χ4n) is 1.89. The van der Waals surface area contributed by atoms with Gasteiger partial charge in [-0.25, -0.2) is 0 Å². The maximum atomic E-state index is 11.3. The molecule has 0 aromatic heterocycles. The summed E-state index contributed by atoms with van der Waals surface area (Å²) in [5.41, 5.74) is 2.07. The number of nitrogens with one attached hydrogen (secondary N) is 1. The molecule has 0 radical (unpaired) electrons. The molecular weight excluding hydrogens is 188 g/mol. The van der Waals surface area contributed by atoms with Crippen LogP contribution in [0.4, 0.5) is 0 Å². The molecule has 3 heteroatoms. The molecule has 1 rings (SSSR count). The van der Waals surface area contributed by atoms with Crippen LogP contribution < -0.4 is 0 Å². The maximum Gasteiger partial charge on any atom is 0.161 e. The Labute approximate surface area is 91.0 Å². The number of carbonyl (C=O) groups excluding carboxylic acids is 1. The number of hydrogen-bond donors (Lipinski definition) is 1. The van der Waals surface area contributed by atoms with E-state index < -0.39 is 0 Å². The summed E-state index contributed by atoms with van der Waals surface area (Å²) in [5.74, 6) is 0.0378. The molecule has 1 heterocycles. The molecule has 0 saturated carbocycles. The minimum Gasteiger partial charge on any atom is -0.363 e. The van der Waals surface area contributed by atoms with E-state index in [1.165, 1.54) is 0 Å². The summed E-state index contributed by atoms with van der Waals surface area (Å²) in [7, 11) is 0. The van der Waals surface area contributed by atoms with Gasteiger partial charge in [0.2, 0.25) is 0 Å². The van der Waals surface area contributed by atoms with Crippen LogP contribution in [-0.2, 0) is 4.79 Å². The van der Waals surface area contributed by atoms with E-state index in [-0.39, 0.29) is 11.8 Å². The number of Topliss-reactive ketones (excluding diaryl/α,β-unsaturated/α-hetero) is 1. The predicted octanol–water partition coefficient (Wildman–Crippen LogP) is 2.15. The van der Waals surface area contributed by atoms with Gasteiger partial charge in [-0.15, -0.1) is 0 Å². The van der Waals surface area contributed by atoms with E-state index in [9.17, 15) is 4.79 Å². The number of allylic oxidation sites excluding steroid dienone is 2. The van der Waals surface area contributed by atoms with Gasteiger partial charge in [-0.3, -0.25) is 4.79 Å². The van der Waals surface area contributed by atoms with Crippen molar-refractivity contribution in [1.82, 2.24) is 4.90 Å². The lowest BCUT2D eigenvalue weighted by Gasteiger charge is -2.44. The molecule has 1 N–H and O–H groups in total. The third-order valence-corrected chi connectivity index (χ3v) is 2.85. The van der Waals surface area contributed by atoms with E-state index in [0.29, 0.717) is 11.3 Å². The maximum absolute atomic E-state index is 11.3. The highest BCUT2D eigenvalue weighted by Crippen LogP contribution is 2.27. The number of carbonyl (C=O) groups is 1. The van der Waals surface area contributed by atoms with E-state index in [1.807, 2.05) is 11.8 Å². The van der Waals surface area contributed by atoms with Crippen LogP contribution in [0.5, 0.6) is 0 Å². The molecule has 82 valence electrons. The zero-order chi connectivity index (χ0) is 11.6. The summed E-state index contributed by atoms with van der Waals surface area (Å²) in [6.07, 6.45) is 2.78. The SMILES string of the molecule is C=C(/C(=C\C)C(C)=O)N1CCC1C(C)=N. The lowest BCUT2D eigenvalue weighted by atomic mass is 9.95. The van der Waals surface area contributed by atoms with Gasteiger partial charge in [-0.1, -0.05) is 12.7 Å². The number of ketones is 1. The second-order valence-electron chi connectivity index (χ2n) is 3.89. The first-order chi connectivity index (χ1) is 6.99. The van der Waals surface area contributed by atoms with E-state index in [4.69, 9.17) is 5.41 Å². The zero-order valence-electron chi connectivity index (χ0n) is 9.63. The molecule has 3 nitrogen and oxygen atoms in total. The van der Waals surface area contributed by atoms with E-state index >= 15 is 0 Å². The predicted molar refractivity (Wildman–Crippen MR) is 62.1 cm³/mol. The molecule has 0 spiro atoms. The average molecular weight is 206 g/mol. The first-order valence-corrected chi connectivity index (χ1v) is 5.17. The number of nitrogens with zero attached hydrogens (tertiary/aromatic N) is 1. The Morgan fingerprint density at radius 1 is 1.53 bits per heavy atom. The molecule has 0 amide bonds. The van der Waals surface area contributed by atoms with Crippen LogP contribution in [-0.4, -0.2) is 29.0 Å². The summed E-state index contributed by atoms with van der Waals surface area (Å²) in [4.78, 5) is 13.4. The van der Waals surface area contributed by atoms with E-state index in [0.717, 1.165) is 18.7 Å². The molecular formula is C12H18N2O. The minimum absolute atomic E-state index is 0.0378. The van der Waals surface area contributed by atoms with E-state index in [1.54, 1.807) is 19.9 Å². The molecule has 1 fully saturated rings. The van der Waals surface area contributed by atoms with Crippen molar-refractivity contribution in [3.8, 4) is 0 Å². The summed E-state index contributed by atoms with van der Waals surface area (Å²) in [6, 6.07) is 0.145. The highest BCUT2D eigenvalue weighted by atomic mass is 16.1. The third kappa shape index (κ3) is 2.17. The lowest BCUT2D eigenvalue weighted by Crippen LogP contribution is -2.50. The topological polar surface area (TPSA) is 44.2 Å². The van der Waals surface area contributed by atoms with Gasteiger partial charge in [0.15, 0.2) is 5.78 Å². The highest BCUT2D eigenvalue weighted by molar-refractivity contribution is 5.97. The van der Waals surface area contributed by atoms with Crippen molar-refractivity contribution in [2.24, 2.45) is 0 Å². The molecule has 15 heavy (non-hydrogen) atoms. The molecule has 0 aromatic carbocycles. The van der Waals surface area contributed by atoms with Gasteiger partial charge < -0.3 is 10.3 Å². The number of hydrogen-bond acceptors (Lipinski definition) is 3. The Kier molecular flexibility index (Phi) is 3.45. The molecule has 0 bridgehead atoms. The van der Waals surface area contributed by atoms with Crippen LogP contribution in [0.15, 0.2) is 23.9 Å². The van der Waals surface area contributed by atoms with Crippen molar-refractivity contribution in [1.29, 1.82) is 5.41 Å². The first kappa shape index (κ1) is 11.7. The lowest BCUT2D eigenvalue weighted by molar-refractivity contribution is -0.113. The summed E-state index contributed by atoms with van der Waals surface area (Å²) in [6.45, 7) is 10.0. The van der Waals surface area contributed by atoms with E-state index in [2.05, 4.69) is 6.58 Å². The van der Waals surface area contributed by atoms with Gasteiger partial charge in [-0.05, 0) is 27.2 Å². The van der Waals surface area contributed by atoms with Crippen LogP contribution in [0.3, 0.4) is 0 Å². The Balaban J connectivity index is 2.78. The number of rotatable bonds is 4. The average Bonchev–Trinajstić information content (AvgIpc) is 2.00. The van der Waals surface area contributed by atoms with Crippen LogP contribution in [0.25, 0.3) is 0 Å². The van der Waals surface area contributed by atoms with Gasteiger partial charge in [-0.2, -0.15) is 0 Å². The van der Waals surface area contributed by atoms with Crippen molar-refractivity contribution in [2.75, 3.05) is 6.54 Å². The summed E-state index contributed by atoms with van der Waals surface area (Å²) in [5, 5.41) is 7.59. The fourth-order valence-corrected chi connectivity index (χ4v) is 1.89. The van der Waals surface area contributed by atoms with Crippen molar-refractivity contribution in [2.45, 2.75) is 33.2 Å². The van der Waals surface area contributed by atoms with Crippen molar-refractivity contribution in [3.63, 3.8) is 0 Å². The van der Waals surface area contributed by atoms with Gasteiger partial charge in [0.1, 0.15) is 0 Å². The van der Waals surface area contributed by atoms with Crippen LogP contribution in [0.1, 0.15) is 27.2 Å². The molecule has 1 aliphatic rings. The molecule has 1 saturated heterocycles. The van der Waals surface area contributed by atoms with Gasteiger partial charge >= 0.3 is 0 Å². The second kappa shape index (κ2) is 4.43. The zero-order valence-corrected chi connectivity index (χ0v) is 9.63. The van der Waals surface area contributed by atoms with Gasteiger partial charge in [0, 0.05) is 23.5 Å². The quantitative estimate of drug-likeness (QED) is 0.435. The smallest absolute Gasteiger partial charge is 0.161 e. The van der Waals surface area contributed by atoms with Crippen LogP contribution in [0.2, 0.25) is 0 Å². The normalized spacial score (nSPS) is 20.9. The Morgan fingerprint density at radius 2 is 2.13 bits per heavy atom. The van der Waals surface area contributed by atoms with Gasteiger partial charge in [0.05, 0.1) is 6.04 Å². The van der Waals surface area contributed by atoms with Crippen LogP contribution in [0, 0.1) is 5.41 Å². The van der Waals surface area contributed by atoms with Gasteiger partial charge in [0.25, 0.3) is 0 Å². The Hall–Kier alpha value is -1.38. The first-order valence-electron chi connectivity index (χ1n) is 5.17. The standard InChI is InChI=1S/C12H18N2O/c1-5-11(10(4)15)9(3)14-7-6-12(14)8(2)13/h5,12-13H,3,6-7H2,1-2,4H3/b11-5+,13-8?. The summed E-state index contributed by atoms with van der Waals surface area (Å²) >= 11 is 0. The second-order valence-corrected chi connectivity index (χ2v) is 3.89.